The number of hydrogen-bond acceptors (Lipinski definition) is 4. The van der Waals surface area contributed by atoms with Gasteiger partial charge in [-0.05, 0) is 44.4 Å². The first kappa shape index (κ1) is 20.6. The fourth-order valence-corrected chi connectivity index (χ4v) is 5.78. The van der Waals surface area contributed by atoms with Crippen molar-refractivity contribution in [2.45, 2.75) is 39.8 Å². The Bertz CT molecular complexity index is 1250. The monoisotopic (exact) mass is 429 g/mol. The largest absolute Gasteiger partial charge is 0.450 e. The van der Waals surface area contributed by atoms with Crippen LogP contribution < -0.4 is 0 Å². The fourth-order valence-electron chi connectivity index (χ4n) is 4.05. The summed E-state index contributed by atoms with van der Waals surface area (Å²) in [4.78, 5) is 15.0. The lowest BCUT2D eigenvalue weighted by Crippen LogP contribution is -2.41. The highest BCUT2D eigenvalue weighted by Crippen LogP contribution is 2.32. The number of rotatable bonds is 4. The maximum Gasteiger partial charge on any atom is 0.290 e. The first-order chi connectivity index (χ1) is 14.2. The van der Waals surface area contributed by atoms with E-state index in [1.54, 1.807) is 18.2 Å². The summed E-state index contributed by atoms with van der Waals surface area (Å²) in [6.45, 7) is 5.72. The average Bonchev–Trinajstić information content (AvgIpc) is 3.23. The molecule has 1 atom stereocenters. The number of fused-ring (bicyclic) bond motifs is 1. The van der Waals surface area contributed by atoms with Gasteiger partial charge >= 0.3 is 0 Å². The maximum absolute atomic E-state index is 14.3. The molecule has 1 aromatic heterocycles. The summed E-state index contributed by atoms with van der Waals surface area (Å²) in [6.07, 6.45) is 0.333. The summed E-state index contributed by atoms with van der Waals surface area (Å²) in [5.41, 5.74) is 3.72. The van der Waals surface area contributed by atoms with Gasteiger partial charge in [0.15, 0.2) is 15.6 Å². The smallest absolute Gasteiger partial charge is 0.290 e. The number of carbonyl (C=O) groups is 1. The third-order valence-electron chi connectivity index (χ3n) is 6.03. The van der Waals surface area contributed by atoms with Crippen molar-refractivity contribution in [1.82, 2.24) is 4.90 Å². The van der Waals surface area contributed by atoms with E-state index < -0.39 is 27.6 Å². The van der Waals surface area contributed by atoms with Gasteiger partial charge < -0.3 is 9.32 Å². The molecule has 0 unspecified atom stereocenters. The molecule has 0 aliphatic carbocycles. The first-order valence-electron chi connectivity index (χ1n) is 9.92. The molecule has 1 aliphatic heterocycles. The Morgan fingerprint density at radius 2 is 1.87 bits per heavy atom. The standard InChI is InChI=1S/C23H24FNO4S/c1-14-8-9-19-16(3)22(29-21(19)15(14)2)23(26)25(18-10-11-30(27,28)13-18)12-17-6-4-5-7-20(17)24/h4-9,18H,10-13H2,1-3H3/t18-/m0/s1. The van der Waals surface area contributed by atoms with Gasteiger partial charge in [-0.3, -0.25) is 4.79 Å². The molecular formula is C23H24FNO4S. The van der Waals surface area contributed by atoms with Crippen molar-refractivity contribution >= 4 is 26.7 Å². The van der Waals surface area contributed by atoms with Crippen LogP contribution in [0.2, 0.25) is 0 Å². The number of benzene rings is 2. The van der Waals surface area contributed by atoms with Crippen LogP contribution in [-0.2, 0) is 16.4 Å². The van der Waals surface area contributed by atoms with Crippen LogP contribution in [0.5, 0.6) is 0 Å². The lowest BCUT2D eigenvalue weighted by atomic mass is 10.0. The van der Waals surface area contributed by atoms with Crippen molar-refractivity contribution < 1.29 is 22.0 Å². The van der Waals surface area contributed by atoms with Gasteiger partial charge in [0, 0.05) is 29.1 Å². The number of aryl methyl sites for hydroxylation is 3. The quantitative estimate of drug-likeness (QED) is 0.619. The van der Waals surface area contributed by atoms with Crippen LogP contribution in [-0.4, -0.2) is 36.8 Å². The zero-order valence-electron chi connectivity index (χ0n) is 17.2. The van der Waals surface area contributed by atoms with E-state index in [0.717, 1.165) is 16.5 Å². The second-order valence-corrected chi connectivity index (χ2v) is 10.3. The predicted molar refractivity (Wildman–Crippen MR) is 114 cm³/mol. The van der Waals surface area contributed by atoms with Crippen LogP contribution in [0, 0.1) is 26.6 Å². The summed E-state index contributed by atoms with van der Waals surface area (Å²) < 4.78 is 44.5. The molecule has 7 heteroatoms. The average molecular weight is 430 g/mol. The Morgan fingerprint density at radius 3 is 2.53 bits per heavy atom. The van der Waals surface area contributed by atoms with E-state index in [1.807, 2.05) is 32.9 Å². The van der Waals surface area contributed by atoms with Crippen LogP contribution >= 0.6 is 0 Å². The van der Waals surface area contributed by atoms with E-state index >= 15 is 0 Å². The van der Waals surface area contributed by atoms with Gasteiger partial charge in [0.2, 0.25) is 0 Å². The Hall–Kier alpha value is -2.67. The minimum atomic E-state index is -3.22. The van der Waals surface area contributed by atoms with E-state index in [9.17, 15) is 17.6 Å². The molecule has 5 nitrogen and oxygen atoms in total. The summed E-state index contributed by atoms with van der Waals surface area (Å²) in [6, 6.07) is 9.62. The van der Waals surface area contributed by atoms with Crippen LogP contribution in [0.15, 0.2) is 40.8 Å². The summed E-state index contributed by atoms with van der Waals surface area (Å²) >= 11 is 0. The van der Waals surface area contributed by atoms with Gasteiger partial charge in [0.25, 0.3) is 5.91 Å². The molecule has 1 amide bonds. The second kappa shape index (κ2) is 7.54. The molecule has 0 radical (unpaired) electrons. The van der Waals surface area contributed by atoms with E-state index in [-0.39, 0.29) is 23.8 Å². The van der Waals surface area contributed by atoms with Crippen molar-refractivity contribution in [2.75, 3.05) is 11.5 Å². The van der Waals surface area contributed by atoms with Gasteiger partial charge in [-0.2, -0.15) is 0 Å². The topological polar surface area (TPSA) is 67.6 Å². The Kier molecular flexibility index (Phi) is 5.18. The maximum atomic E-state index is 14.3. The molecular weight excluding hydrogens is 405 g/mol. The van der Waals surface area contributed by atoms with Gasteiger partial charge in [0.05, 0.1) is 11.5 Å². The summed E-state index contributed by atoms with van der Waals surface area (Å²) in [5, 5.41) is 0.853. The fraction of sp³-hybridized carbons (Fsp3) is 0.348. The molecule has 2 aromatic carbocycles. The molecule has 1 fully saturated rings. The number of furan rings is 1. The lowest BCUT2D eigenvalue weighted by Gasteiger charge is -2.28. The van der Waals surface area contributed by atoms with Crippen LogP contribution in [0.4, 0.5) is 4.39 Å². The lowest BCUT2D eigenvalue weighted by molar-refractivity contribution is 0.0647. The van der Waals surface area contributed by atoms with Crippen LogP contribution in [0.3, 0.4) is 0 Å². The number of sulfone groups is 1. The third-order valence-corrected chi connectivity index (χ3v) is 7.78. The molecule has 1 saturated heterocycles. The molecule has 158 valence electrons. The van der Waals surface area contributed by atoms with Crippen LogP contribution in [0.1, 0.15) is 39.2 Å². The highest BCUT2D eigenvalue weighted by molar-refractivity contribution is 7.91. The van der Waals surface area contributed by atoms with E-state index in [0.29, 0.717) is 23.1 Å². The molecule has 0 N–H and O–H groups in total. The molecule has 30 heavy (non-hydrogen) atoms. The van der Waals surface area contributed by atoms with Gasteiger partial charge in [-0.1, -0.05) is 30.3 Å². The number of carbonyl (C=O) groups excluding carboxylic acids is 1. The van der Waals surface area contributed by atoms with Gasteiger partial charge in [-0.25, -0.2) is 12.8 Å². The Morgan fingerprint density at radius 1 is 1.13 bits per heavy atom. The molecule has 0 spiro atoms. The van der Waals surface area contributed by atoms with Crippen molar-refractivity contribution in [3.8, 4) is 0 Å². The zero-order valence-corrected chi connectivity index (χ0v) is 18.1. The zero-order chi connectivity index (χ0) is 21.6. The van der Waals surface area contributed by atoms with Gasteiger partial charge in [0.1, 0.15) is 11.4 Å². The van der Waals surface area contributed by atoms with E-state index in [1.165, 1.54) is 11.0 Å². The summed E-state index contributed by atoms with van der Waals surface area (Å²) in [7, 11) is -3.22. The van der Waals surface area contributed by atoms with Crippen molar-refractivity contribution in [3.05, 3.63) is 70.2 Å². The van der Waals surface area contributed by atoms with Crippen molar-refractivity contribution in [2.24, 2.45) is 0 Å². The van der Waals surface area contributed by atoms with Crippen molar-refractivity contribution in [1.29, 1.82) is 0 Å². The highest BCUT2D eigenvalue weighted by atomic mass is 32.2. The van der Waals surface area contributed by atoms with E-state index in [4.69, 9.17) is 4.42 Å². The third kappa shape index (κ3) is 3.62. The molecule has 0 saturated carbocycles. The predicted octanol–water partition coefficient (Wildman–Crippen LogP) is 4.33. The summed E-state index contributed by atoms with van der Waals surface area (Å²) in [5.74, 6) is -0.754. The molecule has 4 rings (SSSR count). The molecule has 0 bridgehead atoms. The first-order valence-corrected chi connectivity index (χ1v) is 11.7. The normalized spacial score (nSPS) is 18.1. The van der Waals surface area contributed by atoms with E-state index in [2.05, 4.69) is 0 Å². The number of halogens is 1. The SMILES string of the molecule is Cc1ccc2c(C)c(C(=O)N(Cc3ccccc3F)[C@H]3CCS(=O)(=O)C3)oc2c1C. The minimum absolute atomic E-state index is 0.0137. The van der Waals surface area contributed by atoms with Crippen LogP contribution in [0.25, 0.3) is 11.0 Å². The number of nitrogens with zero attached hydrogens (tertiary/aromatic N) is 1. The minimum Gasteiger partial charge on any atom is -0.450 e. The van der Waals surface area contributed by atoms with Crippen molar-refractivity contribution in [3.63, 3.8) is 0 Å². The highest BCUT2D eigenvalue weighted by Gasteiger charge is 2.37. The Balaban J connectivity index is 1.78. The molecule has 2 heterocycles. The number of hydrogen-bond donors (Lipinski definition) is 0. The molecule has 3 aromatic rings. The second-order valence-electron chi connectivity index (χ2n) is 8.02. The molecule has 1 aliphatic rings. The Labute approximate surface area is 175 Å². The van der Waals surface area contributed by atoms with Gasteiger partial charge in [-0.15, -0.1) is 0 Å². The number of amides is 1.